The number of rotatable bonds is 3. The van der Waals surface area contributed by atoms with Gasteiger partial charge in [-0.2, -0.15) is 0 Å². The molecule has 0 fully saturated rings. The van der Waals surface area contributed by atoms with Crippen LogP contribution in [-0.2, 0) is 4.74 Å². The van der Waals surface area contributed by atoms with Crippen molar-refractivity contribution in [3.63, 3.8) is 0 Å². The van der Waals surface area contributed by atoms with Crippen LogP contribution >= 0.6 is 11.3 Å². The Hall–Kier alpha value is -1.81. The van der Waals surface area contributed by atoms with E-state index in [1.54, 1.807) is 6.92 Å². The van der Waals surface area contributed by atoms with E-state index in [-0.39, 0.29) is 5.97 Å². The van der Waals surface area contributed by atoms with Gasteiger partial charge in [0.2, 0.25) is 0 Å². The molecule has 0 aliphatic carbocycles. The van der Waals surface area contributed by atoms with Gasteiger partial charge in [-0.25, -0.2) is 4.79 Å². The van der Waals surface area contributed by atoms with Gasteiger partial charge in [-0.05, 0) is 19.4 Å². The number of thiophene rings is 1. The average molecular weight is 261 g/mol. The molecular weight excluding hydrogens is 246 g/mol. The predicted octanol–water partition coefficient (Wildman–Crippen LogP) is 3.48. The molecule has 0 amide bonds. The van der Waals surface area contributed by atoms with Gasteiger partial charge in [-0.15, -0.1) is 11.3 Å². The topological polar surface area (TPSA) is 52.3 Å². The number of carbonyl (C=O) groups is 1. The minimum Gasteiger partial charge on any atom is -0.462 e. The molecule has 1 aromatic carbocycles. The number of hydrogen-bond donors (Lipinski definition) is 1. The van der Waals surface area contributed by atoms with Crippen LogP contribution in [0.2, 0.25) is 0 Å². The molecular formula is C14H15NO2S. The number of nitrogen functional groups attached to an aromatic ring is 1. The maximum atomic E-state index is 11.9. The SMILES string of the molecule is CCOC(=O)c1c(-c2cccc(C)c2)csc1N. The average Bonchev–Trinajstić information content (AvgIpc) is 2.71. The molecule has 94 valence electrons. The van der Waals surface area contributed by atoms with E-state index in [2.05, 4.69) is 0 Å². The highest BCUT2D eigenvalue weighted by Crippen LogP contribution is 2.34. The Morgan fingerprint density at radius 3 is 2.89 bits per heavy atom. The van der Waals surface area contributed by atoms with Crippen molar-refractivity contribution in [1.82, 2.24) is 0 Å². The first-order chi connectivity index (χ1) is 8.63. The second-order valence-corrected chi connectivity index (χ2v) is 4.89. The first kappa shape index (κ1) is 12.6. The van der Waals surface area contributed by atoms with E-state index in [1.165, 1.54) is 11.3 Å². The lowest BCUT2D eigenvalue weighted by atomic mass is 10.0. The lowest BCUT2D eigenvalue weighted by Crippen LogP contribution is -2.07. The quantitative estimate of drug-likeness (QED) is 0.860. The van der Waals surface area contributed by atoms with E-state index in [0.717, 1.165) is 16.7 Å². The van der Waals surface area contributed by atoms with E-state index >= 15 is 0 Å². The van der Waals surface area contributed by atoms with Crippen molar-refractivity contribution >= 4 is 22.3 Å². The fourth-order valence-electron chi connectivity index (χ4n) is 1.81. The van der Waals surface area contributed by atoms with E-state index in [1.807, 2.05) is 36.6 Å². The summed E-state index contributed by atoms with van der Waals surface area (Å²) >= 11 is 1.36. The van der Waals surface area contributed by atoms with Gasteiger partial charge in [-0.3, -0.25) is 0 Å². The van der Waals surface area contributed by atoms with Gasteiger partial charge in [0, 0.05) is 10.9 Å². The van der Waals surface area contributed by atoms with Crippen LogP contribution in [-0.4, -0.2) is 12.6 Å². The summed E-state index contributed by atoms with van der Waals surface area (Å²) < 4.78 is 5.05. The Bertz CT molecular complexity index is 575. The van der Waals surface area contributed by atoms with Crippen molar-refractivity contribution in [3.05, 3.63) is 40.8 Å². The molecule has 1 heterocycles. The molecule has 2 rings (SSSR count). The number of anilines is 1. The summed E-state index contributed by atoms with van der Waals surface area (Å²) in [6, 6.07) is 7.98. The highest BCUT2D eigenvalue weighted by atomic mass is 32.1. The maximum Gasteiger partial charge on any atom is 0.341 e. The van der Waals surface area contributed by atoms with Crippen molar-refractivity contribution in [2.24, 2.45) is 0 Å². The predicted molar refractivity (Wildman–Crippen MR) is 74.9 cm³/mol. The smallest absolute Gasteiger partial charge is 0.341 e. The Morgan fingerprint density at radius 2 is 2.22 bits per heavy atom. The Kier molecular flexibility index (Phi) is 3.67. The van der Waals surface area contributed by atoms with Crippen LogP contribution in [0.5, 0.6) is 0 Å². The van der Waals surface area contributed by atoms with Gasteiger partial charge in [0.05, 0.1) is 6.61 Å². The van der Waals surface area contributed by atoms with Crippen LogP contribution in [0.3, 0.4) is 0 Å². The summed E-state index contributed by atoms with van der Waals surface area (Å²) in [5.74, 6) is -0.354. The number of esters is 1. The Morgan fingerprint density at radius 1 is 1.44 bits per heavy atom. The summed E-state index contributed by atoms with van der Waals surface area (Å²) in [4.78, 5) is 11.9. The second-order valence-electron chi connectivity index (χ2n) is 3.98. The van der Waals surface area contributed by atoms with Crippen LogP contribution in [0, 0.1) is 6.92 Å². The number of hydrogen-bond acceptors (Lipinski definition) is 4. The third kappa shape index (κ3) is 2.38. The molecule has 0 atom stereocenters. The molecule has 18 heavy (non-hydrogen) atoms. The van der Waals surface area contributed by atoms with E-state index in [0.29, 0.717) is 17.2 Å². The number of carbonyl (C=O) groups excluding carboxylic acids is 1. The molecule has 2 aromatic rings. The zero-order valence-corrected chi connectivity index (χ0v) is 11.2. The van der Waals surface area contributed by atoms with Crippen molar-refractivity contribution < 1.29 is 9.53 Å². The largest absolute Gasteiger partial charge is 0.462 e. The summed E-state index contributed by atoms with van der Waals surface area (Å²) in [6.07, 6.45) is 0. The molecule has 0 unspecified atom stereocenters. The molecule has 2 N–H and O–H groups in total. The van der Waals surface area contributed by atoms with Crippen molar-refractivity contribution in [3.8, 4) is 11.1 Å². The van der Waals surface area contributed by atoms with Crippen LogP contribution in [0.1, 0.15) is 22.8 Å². The molecule has 0 saturated heterocycles. The van der Waals surface area contributed by atoms with Gasteiger partial charge >= 0.3 is 5.97 Å². The third-order valence-corrected chi connectivity index (χ3v) is 3.44. The van der Waals surface area contributed by atoms with Crippen molar-refractivity contribution in [2.75, 3.05) is 12.3 Å². The zero-order valence-electron chi connectivity index (χ0n) is 10.4. The molecule has 0 saturated carbocycles. The number of nitrogens with two attached hydrogens (primary N) is 1. The first-order valence-corrected chi connectivity index (χ1v) is 6.62. The number of aryl methyl sites for hydroxylation is 1. The fraction of sp³-hybridized carbons (Fsp3) is 0.214. The van der Waals surface area contributed by atoms with Gasteiger partial charge in [0.1, 0.15) is 10.6 Å². The summed E-state index contributed by atoms with van der Waals surface area (Å²) in [5.41, 5.74) is 9.33. The molecule has 4 heteroatoms. The lowest BCUT2D eigenvalue weighted by Gasteiger charge is -2.06. The molecule has 3 nitrogen and oxygen atoms in total. The van der Waals surface area contributed by atoms with Gasteiger partial charge < -0.3 is 10.5 Å². The van der Waals surface area contributed by atoms with Crippen LogP contribution in [0.15, 0.2) is 29.6 Å². The second kappa shape index (κ2) is 5.23. The van der Waals surface area contributed by atoms with Crippen LogP contribution in [0.25, 0.3) is 11.1 Å². The molecule has 0 spiro atoms. The highest BCUT2D eigenvalue weighted by molar-refractivity contribution is 7.14. The molecule has 1 aromatic heterocycles. The van der Waals surface area contributed by atoms with Gasteiger partial charge in [-0.1, -0.05) is 29.8 Å². The van der Waals surface area contributed by atoms with E-state index in [9.17, 15) is 4.79 Å². The fourth-order valence-corrected chi connectivity index (χ4v) is 2.62. The van der Waals surface area contributed by atoms with Crippen LogP contribution < -0.4 is 5.73 Å². The molecule has 0 aliphatic heterocycles. The zero-order chi connectivity index (χ0) is 13.1. The lowest BCUT2D eigenvalue weighted by molar-refractivity contribution is 0.0529. The standard InChI is InChI=1S/C14H15NO2S/c1-3-17-14(16)12-11(8-18-13(12)15)10-6-4-5-9(2)7-10/h4-8H,3,15H2,1-2H3. The minimum atomic E-state index is -0.354. The monoisotopic (exact) mass is 261 g/mol. The highest BCUT2D eigenvalue weighted by Gasteiger charge is 2.19. The molecule has 0 bridgehead atoms. The maximum absolute atomic E-state index is 11.9. The van der Waals surface area contributed by atoms with Gasteiger partial charge in [0.15, 0.2) is 0 Å². The van der Waals surface area contributed by atoms with E-state index < -0.39 is 0 Å². The Labute approximate surface area is 110 Å². The number of ether oxygens (including phenoxy) is 1. The van der Waals surface area contributed by atoms with Crippen molar-refractivity contribution in [1.29, 1.82) is 0 Å². The van der Waals surface area contributed by atoms with Crippen molar-refractivity contribution in [2.45, 2.75) is 13.8 Å². The molecule has 0 aliphatic rings. The Balaban J connectivity index is 2.49. The summed E-state index contributed by atoms with van der Waals surface area (Å²) in [6.45, 7) is 4.15. The number of benzene rings is 1. The normalized spacial score (nSPS) is 10.3. The summed E-state index contributed by atoms with van der Waals surface area (Å²) in [5, 5.41) is 2.40. The van der Waals surface area contributed by atoms with Gasteiger partial charge in [0.25, 0.3) is 0 Å². The third-order valence-electron chi connectivity index (χ3n) is 2.63. The summed E-state index contributed by atoms with van der Waals surface area (Å²) in [7, 11) is 0. The minimum absolute atomic E-state index is 0.349. The van der Waals surface area contributed by atoms with Crippen LogP contribution in [0.4, 0.5) is 5.00 Å². The molecule has 0 radical (unpaired) electrons. The van der Waals surface area contributed by atoms with E-state index in [4.69, 9.17) is 10.5 Å². The first-order valence-electron chi connectivity index (χ1n) is 5.74.